The minimum absolute atomic E-state index is 0.0907. The average molecular weight is 507 g/mol. The first-order chi connectivity index (χ1) is 17.5. The van der Waals surface area contributed by atoms with Crippen molar-refractivity contribution in [3.63, 3.8) is 0 Å². The van der Waals surface area contributed by atoms with Gasteiger partial charge in [-0.2, -0.15) is 0 Å². The number of allylic oxidation sites excluding steroid dienone is 4. The fourth-order valence-corrected chi connectivity index (χ4v) is 11.8. The molecule has 0 saturated carbocycles. The highest BCUT2D eigenvalue weighted by molar-refractivity contribution is 7.13. The van der Waals surface area contributed by atoms with E-state index in [4.69, 9.17) is 0 Å². The minimum Gasteiger partial charge on any atom is -0.0790 e. The summed E-state index contributed by atoms with van der Waals surface area (Å²) in [4.78, 5) is 0. The summed E-state index contributed by atoms with van der Waals surface area (Å²) in [5.41, 5.74) is 6.29. The molecule has 37 heavy (non-hydrogen) atoms. The van der Waals surface area contributed by atoms with E-state index in [9.17, 15) is 0 Å². The van der Waals surface area contributed by atoms with Crippen LogP contribution in [-0.2, 0) is 0 Å². The van der Waals surface area contributed by atoms with E-state index in [0.29, 0.717) is 23.3 Å². The molecular formula is C36H46Si. The number of rotatable bonds is 7. The predicted molar refractivity (Wildman–Crippen MR) is 167 cm³/mol. The lowest BCUT2D eigenvalue weighted by Crippen LogP contribution is -2.70. The highest BCUT2D eigenvalue weighted by Gasteiger charge is 2.49. The van der Waals surface area contributed by atoms with Crippen LogP contribution in [0.25, 0.3) is 0 Å². The van der Waals surface area contributed by atoms with Crippen LogP contribution in [0.4, 0.5) is 0 Å². The summed E-state index contributed by atoms with van der Waals surface area (Å²) < 4.78 is 0. The monoisotopic (exact) mass is 506 g/mol. The maximum absolute atomic E-state index is 2.55. The van der Waals surface area contributed by atoms with Gasteiger partial charge in [0.05, 0.1) is 0 Å². The summed E-state index contributed by atoms with van der Waals surface area (Å²) >= 11 is 0. The van der Waals surface area contributed by atoms with Crippen LogP contribution in [0.15, 0.2) is 96.6 Å². The van der Waals surface area contributed by atoms with Gasteiger partial charge in [0.2, 0.25) is 0 Å². The summed E-state index contributed by atoms with van der Waals surface area (Å²) in [5.74, 6) is 1.48. The van der Waals surface area contributed by atoms with Gasteiger partial charge in [0.1, 0.15) is 0 Å². The predicted octanol–water partition coefficient (Wildman–Crippen LogP) is 8.44. The standard InChI is InChI=1S/C36H46Si/c1-25(2)28-14-10-17-31(22-28)37(32-18-11-15-29(23-32)26(3)4,33-19-12-16-30(24-33)27(5)6)35-21-13-20-34(35)36(7,8)9/h10-27,35H,1-9H3. The smallest absolute Gasteiger partial charge is 0.0790 e. The second kappa shape index (κ2) is 10.6. The highest BCUT2D eigenvalue weighted by Crippen LogP contribution is 2.44. The van der Waals surface area contributed by atoms with Crippen LogP contribution in [0, 0.1) is 5.41 Å². The zero-order valence-corrected chi connectivity index (χ0v) is 25.5. The van der Waals surface area contributed by atoms with Crippen molar-refractivity contribution in [1.82, 2.24) is 0 Å². The molecule has 1 unspecified atom stereocenters. The molecule has 0 radical (unpaired) electrons. The molecule has 3 aromatic carbocycles. The lowest BCUT2D eigenvalue weighted by molar-refractivity contribution is 0.495. The molecule has 0 spiro atoms. The van der Waals surface area contributed by atoms with Crippen molar-refractivity contribution in [3.05, 3.63) is 113 Å². The molecule has 0 saturated heterocycles. The summed E-state index contributed by atoms with van der Waals surface area (Å²) in [6.07, 6.45) is 7.27. The lowest BCUT2D eigenvalue weighted by Gasteiger charge is -2.43. The average Bonchev–Trinajstić information content (AvgIpc) is 3.36. The van der Waals surface area contributed by atoms with Crippen molar-refractivity contribution >= 4 is 23.6 Å². The van der Waals surface area contributed by atoms with Crippen LogP contribution in [0.5, 0.6) is 0 Å². The molecular weight excluding hydrogens is 460 g/mol. The van der Waals surface area contributed by atoms with E-state index in [1.165, 1.54) is 32.3 Å². The second-order valence-electron chi connectivity index (χ2n) is 12.9. The fraction of sp³-hybridized carbons (Fsp3) is 0.389. The first-order valence-corrected chi connectivity index (χ1v) is 16.2. The van der Waals surface area contributed by atoms with Crippen molar-refractivity contribution in [3.8, 4) is 0 Å². The molecule has 0 aromatic heterocycles. The van der Waals surface area contributed by atoms with Gasteiger partial charge in [-0.05, 0) is 55.4 Å². The van der Waals surface area contributed by atoms with Gasteiger partial charge >= 0.3 is 0 Å². The van der Waals surface area contributed by atoms with E-state index < -0.39 is 8.07 Å². The van der Waals surface area contributed by atoms with Crippen LogP contribution < -0.4 is 15.6 Å². The molecule has 1 atom stereocenters. The molecule has 0 fully saturated rings. The Morgan fingerprint density at radius 1 is 0.595 bits per heavy atom. The second-order valence-corrected chi connectivity index (χ2v) is 16.9. The van der Waals surface area contributed by atoms with Crippen LogP contribution in [0.1, 0.15) is 96.8 Å². The third kappa shape index (κ3) is 5.21. The zero-order chi connectivity index (χ0) is 27.0. The molecule has 0 N–H and O–H groups in total. The van der Waals surface area contributed by atoms with Gasteiger partial charge in [0.25, 0.3) is 0 Å². The van der Waals surface area contributed by atoms with Crippen molar-refractivity contribution in [2.75, 3.05) is 0 Å². The highest BCUT2D eigenvalue weighted by atomic mass is 28.3. The van der Waals surface area contributed by atoms with Crippen molar-refractivity contribution in [1.29, 1.82) is 0 Å². The maximum atomic E-state index is 2.55. The molecule has 1 aliphatic rings. The Hall–Kier alpha value is -2.64. The SMILES string of the molecule is CC(C)c1cccc([Si](c2cccc(C(C)C)c2)(c2cccc(C(C)C)c2)C2C=CC=C2C(C)(C)C)c1. The quantitative estimate of drug-likeness (QED) is 0.223. The number of benzene rings is 3. The van der Waals surface area contributed by atoms with Gasteiger partial charge in [-0.15, -0.1) is 0 Å². The van der Waals surface area contributed by atoms with Crippen LogP contribution >= 0.6 is 0 Å². The largest absolute Gasteiger partial charge is 0.159 e. The molecule has 1 aliphatic carbocycles. The lowest BCUT2D eigenvalue weighted by atomic mass is 9.85. The van der Waals surface area contributed by atoms with Crippen LogP contribution in [0.2, 0.25) is 5.54 Å². The van der Waals surface area contributed by atoms with Crippen molar-refractivity contribution in [2.45, 2.75) is 85.6 Å². The van der Waals surface area contributed by atoms with Crippen molar-refractivity contribution < 1.29 is 0 Å². The first-order valence-electron chi connectivity index (χ1n) is 14.2. The normalized spacial score (nSPS) is 16.2. The van der Waals surface area contributed by atoms with E-state index in [1.807, 2.05) is 0 Å². The first kappa shape index (κ1) is 27.4. The molecule has 1 heteroatoms. The van der Waals surface area contributed by atoms with Crippen LogP contribution in [0.3, 0.4) is 0 Å². The summed E-state index contributed by atoms with van der Waals surface area (Å²) in [6.45, 7) is 21.1. The van der Waals surface area contributed by atoms with Gasteiger partial charge in [-0.25, -0.2) is 0 Å². The van der Waals surface area contributed by atoms with E-state index in [0.717, 1.165) is 0 Å². The molecule has 0 aliphatic heterocycles. The third-order valence-corrected chi connectivity index (χ3v) is 13.4. The minimum atomic E-state index is -2.55. The summed E-state index contributed by atoms with van der Waals surface area (Å²) in [5, 5.41) is 4.56. The summed E-state index contributed by atoms with van der Waals surface area (Å²) in [7, 11) is -2.55. The fourth-order valence-electron chi connectivity index (χ4n) is 6.04. The number of hydrogen-bond donors (Lipinski definition) is 0. The zero-order valence-electron chi connectivity index (χ0n) is 24.5. The van der Waals surface area contributed by atoms with Crippen LogP contribution in [-0.4, -0.2) is 8.07 Å². The van der Waals surface area contributed by atoms with Crippen molar-refractivity contribution in [2.24, 2.45) is 5.41 Å². The molecule has 194 valence electrons. The van der Waals surface area contributed by atoms with E-state index in [2.05, 4.69) is 153 Å². The molecule has 0 bridgehead atoms. The van der Waals surface area contributed by atoms with Gasteiger partial charge < -0.3 is 0 Å². The summed E-state index contributed by atoms with van der Waals surface area (Å²) in [6, 6.07) is 28.8. The Morgan fingerprint density at radius 3 is 1.30 bits per heavy atom. The Kier molecular flexibility index (Phi) is 7.86. The molecule has 0 nitrogen and oxygen atoms in total. The third-order valence-electron chi connectivity index (χ3n) is 8.27. The Labute approximate surface area is 227 Å². The van der Waals surface area contributed by atoms with E-state index >= 15 is 0 Å². The number of hydrogen-bond acceptors (Lipinski definition) is 0. The molecule has 0 amide bonds. The topological polar surface area (TPSA) is 0 Å². The van der Waals surface area contributed by atoms with Gasteiger partial charge in [-0.3, -0.25) is 0 Å². The Morgan fingerprint density at radius 2 is 0.973 bits per heavy atom. The molecule has 0 heterocycles. The molecule has 3 aromatic rings. The Bertz CT molecular complexity index is 1170. The van der Waals surface area contributed by atoms with E-state index in [-0.39, 0.29) is 5.41 Å². The Balaban J connectivity index is 2.17. The molecule has 4 rings (SSSR count). The van der Waals surface area contributed by atoms with Gasteiger partial charge in [0, 0.05) is 5.54 Å². The van der Waals surface area contributed by atoms with Gasteiger partial charge in [0.15, 0.2) is 8.07 Å². The van der Waals surface area contributed by atoms with Gasteiger partial charge in [-0.1, -0.05) is 159 Å². The van der Waals surface area contributed by atoms with E-state index in [1.54, 1.807) is 5.57 Å². The maximum Gasteiger partial charge on any atom is 0.159 e.